The third-order valence-electron chi connectivity index (χ3n) is 3.00. The molecule has 0 saturated heterocycles. The van der Waals surface area contributed by atoms with Gasteiger partial charge in [-0.05, 0) is 12.3 Å². The van der Waals surface area contributed by atoms with E-state index in [1.807, 2.05) is 0 Å². The van der Waals surface area contributed by atoms with E-state index < -0.39 is 54.9 Å². The number of rotatable bonds is 6. The second kappa shape index (κ2) is 6.65. The first-order valence-corrected chi connectivity index (χ1v) is 6.26. The molecule has 0 bridgehead atoms. The van der Waals surface area contributed by atoms with Crippen molar-refractivity contribution in [2.75, 3.05) is 6.61 Å². The van der Waals surface area contributed by atoms with Crippen molar-refractivity contribution in [3.63, 3.8) is 0 Å². The number of hydrogen-bond acceptors (Lipinski definition) is 1. The molecule has 0 N–H and O–H groups in total. The van der Waals surface area contributed by atoms with E-state index in [2.05, 4.69) is 4.74 Å². The van der Waals surface area contributed by atoms with Gasteiger partial charge in [-0.1, -0.05) is 13.8 Å². The molecule has 0 aromatic rings. The average Bonchev–Trinajstić information content (AvgIpc) is 2.28. The molecule has 1 nitrogen and oxygen atoms in total. The van der Waals surface area contributed by atoms with Crippen molar-refractivity contribution in [1.82, 2.24) is 0 Å². The predicted octanol–water partition coefficient (Wildman–Crippen LogP) is 5.75. The zero-order valence-electron chi connectivity index (χ0n) is 12.3. The standard InChI is InChI=1S/C11H11F13O/c1-5(2)3-4-25-6(9(16,17)18,10(19,20)21)7(12,13)8(14,15)11(22,23)24/h5H,3-4H2,1-2H3. The Balaban J connectivity index is 6.56. The van der Waals surface area contributed by atoms with E-state index in [1.165, 1.54) is 13.8 Å². The van der Waals surface area contributed by atoms with E-state index in [0.29, 0.717) is 0 Å². The zero-order valence-corrected chi connectivity index (χ0v) is 12.3. The summed E-state index contributed by atoms with van der Waals surface area (Å²) in [7, 11) is 0. The lowest BCUT2D eigenvalue weighted by Crippen LogP contribution is -2.76. The lowest BCUT2D eigenvalue weighted by atomic mass is 9.88. The monoisotopic (exact) mass is 406 g/mol. The molecule has 0 aromatic heterocycles. The molecule has 0 unspecified atom stereocenters. The Morgan fingerprint density at radius 3 is 1.20 bits per heavy atom. The highest BCUT2D eigenvalue weighted by Gasteiger charge is 2.93. The summed E-state index contributed by atoms with van der Waals surface area (Å²) in [6.07, 6.45) is -22.8. The van der Waals surface area contributed by atoms with Crippen molar-refractivity contribution in [1.29, 1.82) is 0 Å². The van der Waals surface area contributed by atoms with E-state index in [1.54, 1.807) is 0 Å². The quantitative estimate of drug-likeness (QED) is 0.511. The summed E-state index contributed by atoms with van der Waals surface area (Å²) in [5.41, 5.74) is -7.05. The first-order chi connectivity index (χ1) is 10.7. The van der Waals surface area contributed by atoms with E-state index >= 15 is 0 Å². The van der Waals surface area contributed by atoms with Gasteiger partial charge in [-0.3, -0.25) is 0 Å². The van der Waals surface area contributed by atoms with E-state index in [-0.39, 0.29) is 0 Å². The van der Waals surface area contributed by atoms with Gasteiger partial charge in [-0.2, -0.15) is 57.1 Å². The van der Waals surface area contributed by atoms with Crippen LogP contribution in [0, 0.1) is 5.92 Å². The van der Waals surface area contributed by atoms with Gasteiger partial charge in [0.1, 0.15) is 0 Å². The van der Waals surface area contributed by atoms with Crippen LogP contribution in [0.15, 0.2) is 0 Å². The third-order valence-corrected chi connectivity index (χ3v) is 3.00. The van der Waals surface area contributed by atoms with Crippen LogP contribution < -0.4 is 0 Å². The highest BCUT2D eigenvalue weighted by molar-refractivity contribution is 5.13. The molecular weight excluding hydrogens is 395 g/mol. The smallest absolute Gasteiger partial charge is 0.353 e. The summed E-state index contributed by atoms with van der Waals surface area (Å²) in [5, 5.41) is 0. The summed E-state index contributed by atoms with van der Waals surface area (Å²) in [5.74, 6) is -16.1. The van der Waals surface area contributed by atoms with Gasteiger partial charge in [0.05, 0.1) is 0 Å². The summed E-state index contributed by atoms with van der Waals surface area (Å²) < 4.78 is 169. The van der Waals surface area contributed by atoms with Crippen molar-refractivity contribution in [3.8, 4) is 0 Å². The lowest BCUT2D eigenvalue weighted by Gasteiger charge is -2.44. The van der Waals surface area contributed by atoms with Crippen molar-refractivity contribution >= 4 is 0 Å². The fraction of sp³-hybridized carbons (Fsp3) is 1.00. The molecule has 0 aliphatic carbocycles. The van der Waals surface area contributed by atoms with Gasteiger partial charge in [-0.15, -0.1) is 0 Å². The predicted molar refractivity (Wildman–Crippen MR) is 56.2 cm³/mol. The molecule has 0 radical (unpaired) electrons. The third kappa shape index (κ3) is 3.92. The van der Waals surface area contributed by atoms with Crippen molar-refractivity contribution in [2.45, 2.75) is 56.2 Å². The molecule has 0 fully saturated rings. The largest absolute Gasteiger partial charge is 0.460 e. The van der Waals surface area contributed by atoms with Gasteiger partial charge in [0.15, 0.2) is 0 Å². The first-order valence-electron chi connectivity index (χ1n) is 6.26. The maximum absolute atomic E-state index is 13.5. The molecule has 0 saturated carbocycles. The molecular formula is C11H11F13O. The van der Waals surface area contributed by atoms with E-state index in [9.17, 15) is 57.1 Å². The molecule has 0 heterocycles. The molecule has 0 rings (SSSR count). The highest BCUT2D eigenvalue weighted by atomic mass is 19.4. The Hall–Kier alpha value is -0.950. The number of hydrogen-bond donors (Lipinski definition) is 0. The van der Waals surface area contributed by atoms with Crippen LogP contribution in [0.3, 0.4) is 0 Å². The van der Waals surface area contributed by atoms with Crippen molar-refractivity contribution < 1.29 is 61.8 Å². The Kier molecular flexibility index (Phi) is 6.40. The molecule has 0 spiro atoms. The Labute approximate surface area is 132 Å². The summed E-state index contributed by atoms with van der Waals surface area (Å²) in [6, 6.07) is 0. The van der Waals surface area contributed by atoms with Crippen LogP contribution in [0.2, 0.25) is 0 Å². The minimum atomic E-state index is -7.73. The molecule has 14 heteroatoms. The molecule has 0 atom stereocenters. The lowest BCUT2D eigenvalue weighted by molar-refractivity contribution is -0.481. The van der Waals surface area contributed by atoms with Crippen LogP contribution in [0.1, 0.15) is 20.3 Å². The summed E-state index contributed by atoms with van der Waals surface area (Å²) in [6.45, 7) is 0.615. The van der Waals surface area contributed by atoms with Crippen molar-refractivity contribution in [3.05, 3.63) is 0 Å². The maximum atomic E-state index is 13.5. The van der Waals surface area contributed by atoms with Gasteiger partial charge in [0, 0.05) is 6.61 Å². The normalized spacial score (nSPS) is 15.8. The Morgan fingerprint density at radius 2 is 0.960 bits per heavy atom. The highest BCUT2D eigenvalue weighted by Crippen LogP contribution is 2.61. The molecule has 0 aliphatic heterocycles. The molecule has 0 amide bonds. The number of ether oxygens (including phenoxy) is 1. The fourth-order valence-electron chi connectivity index (χ4n) is 1.62. The van der Waals surface area contributed by atoms with Gasteiger partial charge >= 0.3 is 36.0 Å². The van der Waals surface area contributed by atoms with Gasteiger partial charge in [0.2, 0.25) is 0 Å². The fourth-order valence-corrected chi connectivity index (χ4v) is 1.62. The minimum Gasteiger partial charge on any atom is -0.353 e. The SMILES string of the molecule is CC(C)CCOC(C(F)(F)F)(C(F)(F)F)C(F)(F)C(F)(F)C(F)(F)F. The van der Waals surface area contributed by atoms with Crippen LogP contribution >= 0.6 is 0 Å². The van der Waals surface area contributed by atoms with Crippen LogP contribution in [0.5, 0.6) is 0 Å². The minimum absolute atomic E-state index is 0.726. The number of halogens is 13. The molecule has 25 heavy (non-hydrogen) atoms. The average molecular weight is 406 g/mol. The van der Waals surface area contributed by atoms with E-state index in [0.717, 1.165) is 0 Å². The Morgan fingerprint density at radius 1 is 0.600 bits per heavy atom. The molecule has 0 aromatic carbocycles. The van der Waals surface area contributed by atoms with Gasteiger partial charge in [-0.25, -0.2) is 0 Å². The molecule has 0 aliphatic rings. The topological polar surface area (TPSA) is 9.23 Å². The van der Waals surface area contributed by atoms with Crippen molar-refractivity contribution in [2.24, 2.45) is 5.92 Å². The van der Waals surface area contributed by atoms with Gasteiger partial charge in [0.25, 0.3) is 0 Å². The van der Waals surface area contributed by atoms with Crippen LogP contribution in [-0.4, -0.2) is 42.6 Å². The second-order valence-electron chi connectivity index (χ2n) is 5.35. The maximum Gasteiger partial charge on any atom is 0.460 e. The first kappa shape index (κ1) is 24.1. The van der Waals surface area contributed by atoms with Crippen LogP contribution in [0.25, 0.3) is 0 Å². The Bertz CT molecular complexity index is 428. The summed E-state index contributed by atoms with van der Waals surface area (Å²) in [4.78, 5) is 0. The zero-order chi connectivity index (χ0) is 20.7. The second-order valence-corrected chi connectivity index (χ2v) is 5.35. The van der Waals surface area contributed by atoms with Crippen LogP contribution in [-0.2, 0) is 4.74 Å². The number of alkyl halides is 13. The van der Waals surface area contributed by atoms with E-state index in [4.69, 9.17) is 0 Å². The van der Waals surface area contributed by atoms with Crippen LogP contribution in [0.4, 0.5) is 57.1 Å². The summed E-state index contributed by atoms with van der Waals surface area (Å²) >= 11 is 0. The molecule has 152 valence electrons. The van der Waals surface area contributed by atoms with Gasteiger partial charge < -0.3 is 4.74 Å².